The van der Waals surface area contributed by atoms with Crippen molar-refractivity contribution in [3.8, 4) is 17.2 Å². The third kappa shape index (κ3) is 3.18. The Morgan fingerprint density at radius 1 is 1.19 bits per heavy atom. The van der Waals surface area contributed by atoms with Crippen LogP contribution in [-0.2, 0) is 6.42 Å². The molecule has 142 valence electrons. The summed E-state index contributed by atoms with van der Waals surface area (Å²) in [5, 5.41) is 4.23. The summed E-state index contributed by atoms with van der Waals surface area (Å²) in [5.74, 6) is 2.41. The molecule has 0 spiro atoms. The summed E-state index contributed by atoms with van der Waals surface area (Å²) in [5.41, 5.74) is 1.90. The molecule has 0 unspecified atom stereocenters. The van der Waals surface area contributed by atoms with E-state index in [1.165, 1.54) is 5.56 Å². The SMILES string of the molecule is COc1ccc(CCN2C(=S)N[C@@H]3C[C@@]2(C)Oc2ccccc23)cc1OC. The lowest BCUT2D eigenvalue weighted by Crippen LogP contribution is -2.64. The van der Waals surface area contributed by atoms with E-state index in [1.54, 1.807) is 14.2 Å². The molecule has 5 nitrogen and oxygen atoms in total. The molecule has 6 heteroatoms. The second kappa shape index (κ2) is 6.93. The van der Waals surface area contributed by atoms with Gasteiger partial charge in [0.15, 0.2) is 22.3 Å². The molecule has 2 aliphatic rings. The number of hydrogen-bond donors (Lipinski definition) is 1. The minimum absolute atomic E-state index is 0.199. The molecule has 1 N–H and O–H groups in total. The average Bonchev–Trinajstić information content (AvgIpc) is 2.67. The van der Waals surface area contributed by atoms with Crippen molar-refractivity contribution in [2.75, 3.05) is 20.8 Å². The number of ether oxygens (including phenoxy) is 3. The van der Waals surface area contributed by atoms with E-state index in [0.29, 0.717) is 0 Å². The fourth-order valence-electron chi connectivity index (χ4n) is 3.98. The summed E-state index contributed by atoms with van der Waals surface area (Å²) >= 11 is 5.68. The van der Waals surface area contributed by atoms with E-state index < -0.39 is 5.72 Å². The van der Waals surface area contributed by atoms with Gasteiger partial charge < -0.3 is 24.4 Å². The largest absolute Gasteiger partial charge is 0.493 e. The van der Waals surface area contributed by atoms with Crippen molar-refractivity contribution in [1.29, 1.82) is 0 Å². The fraction of sp³-hybridized carbons (Fsp3) is 0.381. The number of thiocarbonyl (C=S) groups is 1. The Morgan fingerprint density at radius 2 is 1.96 bits per heavy atom. The van der Waals surface area contributed by atoms with Crippen LogP contribution in [0.2, 0.25) is 0 Å². The van der Waals surface area contributed by atoms with Gasteiger partial charge >= 0.3 is 0 Å². The molecule has 0 radical (unpaired) electrons. The maximum absolute atomic E-state index is 6.40. The second-order valence-electron chi connectivity index (χ2n) is 7.11. The quantitative estimate of drug-likeness (QED) is 0.794. The Bertz CT molecular complexity index is 872. The minimum Gasteiger partial charge on any atom is -0.493 e. The van der Waals surface area contributed by atoms with Crippen LogP contribution in [0, 0.1) is 0 Å². The predicted molar refractivity (Wildman–Crippen MR) is 109 cm³/mol. The van der Waals surface area contributed by atoms with Gasteiger partial charge in [-0.2, -0.15) is 0 Å². The number of benzene rings is 2. The highest BCUT2D eigenvalue weighted by atomic mass is 32.1. The van der Waals surface area contributed by atoms with Crippen LogP contribution in [0.1, 0.15) is 30.5 Å². The summed E-state index contributed by atoms with van der Waals surface area (Å²) in [6.45, 7) is 2.88. The molecule has 2 bridgehead atoms. The monoisotopic (exact) mass is 384 g/mol. The predicted octanol–water partition coefficient (Wildman–Crippen LogP) is 3.68. The zero-order chi connectivity index (χ0) is 19.0. The molecule has 0 aromatic heterocycles. The average molecular weight is 385 g/mol. The van der Waals surface area contributed by atoms with Gasteiger partial charge in [0.1, 0.15) is 5.75 Å². The van der Waals surface area contributed by atoms with Crippen molar-refractivity contribution in [2.24, 2.45) is 0 Å². The van der Waals surface area contributed by atoms with Crippen LogP contribution in [0.3, 0.4) is 0 Å². The van der Waals surface area contributed by atoms with E-state index in [4.69, 9.17) is 26.4 Å². The molecule has 1 fully saturated rings. The highest BCUT2D eigenvalue weighted by molar-refractivity contribution is 7.80. The first-order chi connectivity index (χ1) is 13.0. The topological polar surface area (TPSA) is 43.0 Å². The van der Waals surface area contributed by atoms with Crippen molar-refractivity contribution in [3.05, 3.63) is 53.6 Å². The number of methoxy groups -OCH3 is 2. The van der Waals surface area contributed by atoms with Crippen LogP contribution in [0.25, 0.3) is 0 Å². The molecule has 2 aromatic rings. The van der Waals surface area contributed by atoms with Crippen LogP contribution in [0.4, 0.5) is 0 Å². The summed E-state index contributed by atoms with van der Waals surface area (Å²) in [4.78, 5) is 2.16. The molecule has 1 saturated heterocycles. The van der Waals surface area contributed by atoms with Crippen molar-refractivity contribution >= 4 is 17.3 Å². The number of hydrogen-bond acceptors (Lipinski definition) is 4. The molecule has 2 heterocycles. The molecule has 0 saturated carbocycles. The number of para-hydroxylation sites is 1. The Morgan fingerprint density at radius 3 is 2.74 bits per heavy atom. The fourth-order valence-corrected chi connectivity index (χ4v) is 4.41. The highest BCUT2D eigenvalue weighted by Gasteiger charge is 2.47. The highest BCUT2D eigenvalue weighted by Crippen LogP contribution is 2.43. The smallest absolute Gasteiger partial charge is 0.184 e. The number of rotatable bonds is 5. The van der Waals surface area contributed by atoms with Crippen LogP contribution in [0.5, 0.6) is 17.2 Å². The van der Waals surface area contributed by atoms with Gasteiger partial charge in [0.2, 0.25) is 0 Å². The molecule has 27 heavy (non-hydrogen) atoms. The molecule has 2 atom stereocenters. The summed E-state index contributed by atoms with van der Waals surface area (Å²) in [7, 11) is 3.30. The first kappa shape index (κ1) is 17.9. The first-order valence-electron chi connectivity index (χ1n) is 9.11. The van der Waals surface area contributed by atoms with E-state index in [1.807, 2.05) is 30.3 Å². The summed E-state index contributed by atoms with van der Waals surface area (Å²) in [6.07, 6.45) is 1.68. The second-order valence-corrected chi connectivity index (χ2v) is 7.50. The number of nitrogens with zero attached hydrogens (tertiary/aromatic N) is 1. The first-order valence-corrected chi connectivity index (χ1v) is 9.52. The zero-order valence-electron chi connectivity index (χ0n) is 15.8. The maximum Gasteiger partial charge on any atom is 0.184 e. The van der Waals surface area contributed by atoms with Gasteiger partial charge in [-0.05, 0) is 49.3 Å². The van der Waals surface area contributed by atoms with E-state index in [9.17, 15) is 0 Å². The van der Waals surface area contributed by atoms with Gasteiger partial charge in [0, 0.05) is 18.5 Å². The minimum atomic E-state index is -0.447. The van der Waals surface area contributed by atoms with Gasteiger partial charge in [-0.1, -0.05) is 24.3 Å². The molecule has 0 amide bonds. The lowest BCUT2D eigenvalue weighted by molar-refractivity contribution is -0.0676. The van der Waals surface area contributed by atoms with Crippen LogP contribution in [-0.4, -0.2) is 36.5 Å². The third-order valence-electron chi connectivity index (χ3n) is 5.39. The van der Waals surface area contributed by atoms with Crippen molar-refractivity contribution in [2.45, 2.75) is 31.5 Å². The van der Waals surface area contributed by atoms with E-state index >= 15 is 0 Å². The molecule has 4 rings (SSSR count). The van der Waals surface area contributed by atoms with Crippen molar-refractivity contribution in [3.63, 3.8) is 0 Å². The molecule has 2 aromatic carbocycles. The standard InChI is InChI=1S/C21H24N2O3S/c1-21-13-16(15-6-4-5-7-17(15)26-21)22-20(27)23(21)11-10-14-8-9-18(24-2)19(12-14)25-3/h4-9,12,16H,10-11,13H2,1-3H3,(H,22,27)/t16-,21-/m1/s1. The zero-order valence-corrected chi connectivity index (χ0v) is 16.6. The van der Waals surface area contributed by atoms with E-state index in [0.717, 1.165) is 47.3 Å². The Hall–Kier alpha value is -2.47. The van der Waals surface area contributed by atoms with Crippen LogP contribution < -0.4 is 19.5 Å². The maximum atomic E-state index is 6.40. The van der Waals surface area contributed by atoms with Gasteiger partial charge in [0.25, 0.3) is 0 Å². The molecular weight excluding hydrogens is 360 g/mol. The van der Waals surface area contributed by atoms with Gasteiger partial charge in [0.05, 0.1) is 20.3 Å². The summed E-state index contributed by atoms with van der Waals surface area (Å²) < 4.78 is 17.1. The normalized spacial score (nSPS) is 23.1. The third-order valence-corrected chi connectivity index (χ3v) is 5.73. The van der Waals surface area contributed by atoms with Crippen LogP contribution in [0.15, 0.2) is 42.5 Å². The Balaban J connectivity index is 1.54. The lowest BCUT2D eigenvalue weighted by Gasteiger charge is -2.52. The van der Waals surface area contributed by atoms with Gasteiger partial charge in [-0.25, -0.2) is 0 Å². The number of fused-ring (bicyclic) bond motifs is 4. The Kier molecular flexibility index (Phi) is 4.60. The summed E-state index contributed by atoms with van der Waals surface area (Å²) in [6, 6.07) is 14.4. The molecule has 0 aliphatic carbocycles. The number of nitrogens with one attached hydrogen (secondary N) is 1. The van der Waals surface area contributed by atoms with Crippen LogP contribution >= 0.6 is 12.2 Å². The van der Waals surface area contributed by atoms with Crippen molar-refractivity contribution in [1.82, 2.24) is 10.2 Å². The molecule has 2 aliphatic heterocycles. The van der Waals surface area contributed by atoms with Gasteiger partial charge in [-0.3, -0.25) is 0 Å². The van der Waals surface area contributed by atoms with E-state index in [-0.39, 0.29) is 6.04 Å². The lowest BCUT2D eigenvalue weighted by atomic mass is 9.90. The Labute approximate surface area is 165 Å². The van der Waals surface area contributed by atoms with E-state index in [2.05, 4.69) is 29.3 Å². The molecular formula is C21H24N2O3S. The van der Waals surface area contributed by atoms with Crippen molar-refractivity contribution < 1.29 is 14.2 Å². The van der Waals surface area contributed by atoms with Gasteiger partial charge in [-0.15, -0.1) is 0 Å².